The zero-order chi connectivity index (χ0) is 24.2. The fourth-order valence-electron chi connectivity index (χ4n) is 3.84. The highest BCUT2D eigenvalue weighted by molar-refractivity contribution is 7.67. The van der Waals surface area contributed by atoms with Gasteiger partial charge in [0.15, 0.2) is 5.78 Å². The molecule has 7 nitrogen and oxygen atoms in total. The fourth-order valence-corrected chi connectivity index (χ4v) is 6.44. The second kappa shape index (κ2) is 10.2. The van der Waals surface area contributed by atoms with E-state index in [4.69, 9.17) is 14.0 Å². The molecular formula is C25H31O7P. The van der Waals surface area contributed by atoms with Crippen LogP contribution in [0.2, 0.25) is 0 Å². The molecule has 2 aromatic carbocycles. The summed E-state index contributed by atoms with van der Waals surface area (Å²) >= 11 is 0. The molecule has 1 N–H and O–H groups in total. The zero-order valence-electron chi connectivity index (χ0n) is 19.4. The smallest absolute Gasteiger partial charge is 0.306 e. The maximum absolute atomic E-state index is 14.1. The van der Waals surface area contributed by atoms with Gasteiger partial charge in [0.25, 0.3) is 7.37 Å². The molecule has 0 aliphatic carbocycles. The van der Waals surface area contributed by atoms with Crippen LogP contribution in [0, 0.1) is 5.92 Å². The van der Waals surface area contributed by atoms with E-state index >= 15 is 0 Å². The van der Waals surface area contributed by atoms with Crippen molar-refractivity contribution in [3.8, 4) is 16.9 Å². The Hall–Kier alpha value is -2.47. The summed E-state index contributed by atoms with van der Waals surface area (Å²) in [6.45, 7) is 6.73. The number of carbonyl (C=O) groups excluding carboxylic acids is 2. The van der Waals surface area contributed by atoms with Gasteiger partial charge in [-0.15, -0.1) is 0 Å². The number of ether oxygens (including phenoxy) is 2. The molecule has 0 spiro atoms. The number of fused-ring (bicyclic) bond motifs is 3. The number of rotatable bonds is 10. The van der Waals surface area contributed by atoms with Crippen molar-refractivity contribution in [3.63, 3.8) is 0 Å². The standard InChI is InChI=1S/C25H31O7P/c1-17(2)30-13-14-31-23(26)15-18(24(27)25(3,4)28)16-33(29)22-12-8-6-10-20(22)19-9-5-7-11-21(19)32-33/h5-12,17-18,28H,13-16H2,1-4H3. The molecule has 178 valence electrons. The van der Waals surface area contributed by atoms with Crippen molar-refractivity contribution < 1.29 is 33.3 Å². The van der Waals surface area contributed by atoms with Gasteiger partial charge in [-0.2, -0.15) is 0 Å². The average Bonchev–Trinajstić information content (AvgIpc) is 2.75. The Kier molecular flexibility index (Phi) is 7.78. The van der Waals surface area contributed by atoms with Crippen LogP contribution in [0.15, 0.2) is 48.5 Å². The highest BCUT2D eigenvalue weighted by Crippen LogP contribution is 2.55. The van der Waals surface area contributed by atoms with Gasteiger partial charge in [0, 0.05) is 17.6 Å². The van der Waals surface area contributed by atoms with Crippen LogP contribution in [0.25, 0.3) is 11.1 Å². The van der Waals surface area contributed by atoms with Crippen LogP contribution < -0.4 is 9.83 Å². The second-order valence-electron chi connectivity index (χ2n) is 8.92. The summed E-state index contributed by atoms with van der Waals surface area (Å²) in [7, 11) is -3.58. The first kappa shape index (κ1) is 25.2. The van der Waals surface area contributed by atoms with Crippen LogP contribution >= 0.6 is 7.37 Å². The monoisotopic (exact) mass is 474 g/mol. The number of hydrogen-bond acceptors (Lipinski definition) is 7. The largest absolute Gasteiger partial charge is 0.463 e. The summed E-state index contributed by atoms with van der Waals surface area (Å²) in [4.78, 5) is 25.5. The van der Waals surface area contributed by atoms with E-state index in [1.165, 1.54) is 13.8 Å². The molecule has 2 unspecified atom stereocenters. The van der Waals surface area contributed by atoms with Crippen molar-refractivity contribution in [2.75, 3.05) is 19.4 Å². The van der Waals surface area contributed by atoms with Gasteiger partial charge in [0.05, 0.1) is 24.4 Å². The van der Waals surface area contributed by atoms with Crippen LogP contribution in [0.3, 0.4) is 0 Å². The molecule has 8 heteroatoms. The lowest BCUT2D eigenvalue weighted by molar-refractivity contribution is -0.150. The molecule has 3 rings (SSSR count). The second-order valence-corrected chi connectivity index (χ2v) is 11.3. The van der Waals surface area contributed by atoms with Gasteiger partial charge in [0.2, 0.25) is 0 Å². The fraction of sp³-hybridized carbons (Fsp3) is 0.440. The number of aliphatic hydroxyl groups is 1. The Bertz CT molecular complexity index is 1050. The summed E-state index contributed by atoms with van der Waals surface area (Å²) in [5, 5.41) is 10.9. The lowest BCUT2D eigenvalue weighted by Gasteiger charge is -2.32. The molecule has 0 radical (unpaired) electrons. The lowest BCUT2D eigenvalue weighted by atomic mass is 9.91. The van der Waals surface area contributed by atoms with E-state index in [2.05, 4.69) is 0 Å². The first-order chi connectivity index (χ1) is 15.5. The van der Waals surface area contributed by atoms with Crippen molar-refractivity contribution in [1.29, 1.82) is 0 Å². The molecule has 0 saturated carbocycles. The van der Waals surface area contributed by atoms with Crippen LogP contribution in [-0.4, -0.2) is 47.9 Å². The van der Waals surface area contributed by atoms with Crippen molar-refractivity contribution in [1.82, 2.24) is 0 Å². The van der Waals surface area contributed by atoms with Gasteiger partial charge in [-0.25, -0.2) is 0 Å². The van der Waals surface area contributed by atoms with Crippen LogP contribution in [0.1, 0.15) is 34.1 Å². The Labute approximate surface area is 194 Å². The molecular weight excluding hydrogens is 443 g/mol. The van der Waals surface area contributed by atoms with E-state index in [0.29, 0.717) is 11.1 Å². The summed E-state index contributed by atoms with van der Waals surface area (Å²) in [5.74, 6) is -1.80. The predicted molar refractivity (Wildman–Crippen MR) is 126 cm³/mol. The minimum atomic E-state index is -3.58. The van der Waals surface area contributed by atoms with E-state index in [-0.39, 0.29) is 31.9 Å². The number of para-hydroxylation sites is 1. The van der Waals surface area contributed by atoms with Crippen molar-refractivity contribution in [2.45, 2.75) is 45.8 Å². The van der Waals surface area contributed by atoms with Gasteiger partial charge in [-0.3, -0.25) is 14.2 Å². The lowest BCUT2D eigenvalue weighted by Crippen LogP contribution is -2.40. The number of carbonyl (C=O) groups is 2. The highest BCUT2D eigenvalue weighted by atomic mass is 31.2. The molecule has 2 atom stereocenters. The summed E-state index contributed by atoms with van der Waals surface area (Å²) in [6, 6.07) is 14.5. The molecule has 0 saturated heterocycles. The average molecular weight is 474 g/mol. The van der Waals surface area contributed by atoms with Crippen LogP contribution in [0.5, 0.6) is 5.75 Å². The van der Waals surface area contributed by atoms with Crippen LogP contribution in [-0.2, 0) is 23.6 Å². The maximum atomic E-state index is 14.1. The van der Waals surface area contributed by atoms with E-state index in [9.17, 15) is 19.3 Å². The van der Waals surface area contributed by atoms with Gasteiger partial charge in [0.1, 0.15) is 18.0 Å². The van der Waals surface area contributed by atoms with Gasteiger partial charge in [-0.05, 0) is 45.4 Å². The van der Waals surface area contributed by atoms with E-state index in [1.54, 1.807) is 24.3 Å². The Morgan fingerprint density at radius 3 is 2.33 bits per heavy atom. The third-order valence-corrected chi connectivity index (χ3v) is 7.88. The third kappa shape index (κ3) is 6.11. The number of hydrogen-bond donors (Lipinski definition) is 1. The SMILES string of the molecule is CC(C)OCCOC(=O)CC(CP1(=O)Oc2ccccc2-c2ccccc21)C(=O)C(C)(C)O. The molecule has 0 fully saturated rings. The van der Waals surface area contributed by atoms with Crippen molar-refractivity contribution >= 4 is 24.4 Å². The summed E-state index contributed by atoms with van der Waals surface area (Å²) in [6.07, 6.45) is -0.537. The third-order valence-electron chi connectivity index (χ3n) is 5.34. The summed E-state index contributed by atoms with van der Waals surface area (Å²) < 4.78 is 30.7. The van der Waals surface area contributed by atoms with E-state index < -0.39 is 30.6 Å². The van der Waals surface area contributed by atoms with Gasteiger partial charge >= 0.3 is 5.97 Å². The zero-order valence-corrected chi connectivity index (χ0v) is 20.3. The number of esters is 1. The minimum absolute atomic E-state index is 0.00438. The first-order valence-electron chi connectivity index (χ1n) is 11.0. The van der Waals surface area contributed by atoms with Crippen molar-refractivity contribution in [3.05, 3.63) is 48.5 Å². The Morgan fingerprint density at radius 2 is 1.67 bits per heavy atom. The Morgan fingerprint density at radius 1 is 1.03 bits per heavy atom. The quantitative estimate of drug-likeness (QED) is 0.316. The van der Waals surface area contributed by atoms with Crippen LogP contribution in [0.4, 0.5) is 0 Å². The highest BCUT2D eigenvalue weighted by Gasteiger charge is 2.43. The molecule has 1 heterocycles. The van der Waals surface area contributed by atoms with E-state index in [0.717, 1.165) is 11.1 Å². The number of Topliss-reactive ketones (excluding diaryl/α,β-unsaturated/α-hetero) is 1. The summed E-state index contributed by atoms with van der Waals surface area (Å²) in [5.41, 5.74) is -0.127. The number of benzene rings is 2. The van der Waals surface area contributed by atoms with E-state index in [1.807, 2.05) is 38.1 Å². The Balaban J connectivity index is 1.86. The van der Waals surface area contributed by atoms with Gasteiger partial charge in [-0.1, -0.05) is 36.4 Å². The number of ketones is 1. The minimum Gasteiger partial charge on any atom is -0.463 e. The van der Waals surface area contributed by atoms with Gasteiger partial charge < -0.3 is 19.1 Å². The predicted octanol–water partition coefficient (Wildman–Crippen LogP) is 3.96. The topological polar surface area (TPSA) is 99.1 Å². The molecule has 1 aliphatic rings. The molecule has 2 aromatic rings. The normalized spacial score (nSPS) is 18.1. The first-order valence-corrected chi connectivity index (χ1v) is 12.8. The maximum Gasteiger partial charge on any atom is 0.306 e. The molecule has 0 bridgehead atoms. The molecule has 0 aromatic heterocycles. The molecule has 1 aliphatic heterocycles. The van der Waals surface area contributed by atoms with Crippen molar-refractivity contribution in [2.24, 2.45) is 5.92 Å². The molecule has 0 amide bonds. The molecule has 33 heavy (non-hydrogen) atoms.